The molecule has 0 aliphatic heterocycles. The lowest BCUT2D eigenvalue weighted by Gasteiger charge is -1.96. The number of halogens is 2. The smallest absolute Gasteiger partial charge is 0.178 e. The minimum Gasteiger partial charge on any atom is -0.448 e. The largest absolute Gasteiger partial charge is 0.448 e. The van der Waals surface area contributed by atoms with E-state index in [1.807, 2.05) is 36.4 Å². The van der Waals surface area contributed by atoms with E-state index in [0.717, 1.165) is 13.9 Å². The molecular weight excluding hydrogens is 383 g/mol. The van der Waals surface area contributed by atoms with Crippen LogP contribution in [0.15, 0.2) is 50.4 Å². The predicted octanol–water partition coefficient (Wildman–Crippen LogP) is 4.09. The summed E-state index contributed by atoms with van der Waals surface area (Å²) in [5, 5.41) is 4.07. The highest BCUT2D eigenvalue weighted by Gasteiger charge is 2.02. The van der Waals surface area contributed by atoms with E-state index in [1.54, 1.807) is 6.21 Å². The van der Waals surface area contributed by atoms with Gasteiger partial charge in [0.1, 0.15) is 5.76 Å². The maximum Gasteiger partial charge on any atom is 0.178 e. The topological polar surface area (TPSA) is 37.5 Å². The molecular formula is C11H8BrIN2O. The summed E-state index contributed by atoms with van der Waals surface area (Å²) in [5.41, 5.74) is 3.86. The number of benzene rings is 1. The second kappa shape index (κ2) is 5.49. The zero-order valence-electron chi connectivity index (χ0n) is 8.15. The van der Waals surface area contributed by atoms with Crippen LogP contribution in [0.1, 0.15) is 5.76 Å². The highest BCUT2D eigenvalue weighted by atomic mass is 127. The number of hydrogen-bond donors (Lipinski definition) is 1. The monoisotopic (exact) mass is 390 g/mol. The molecule has 0 unspecified atom stereocenters. The SMILES string of the molecule is Brc1cc(/C=N\Nc2ccccc2)oc1I. The van der Waals surface area contributed by atoms with Crippen molar-refractivity contribution in [1.29, 1.82) is 0 Å². The van der Waals surface area contributed by atoms with Crippen LogP contribution in [-0.4, -0.2) is 6.21 Å². The van der Waals surface area contributed by atoms with Crippen LogP contribution >= 0.6 is 38.5 Å². The minimum absolute atomic E-state index is 0.708. The molecule has 3 nitrogen and oxygen atoms in total. The van der Waals surface area contributed by atoms with Crippen molar-refractivity contribution < 1.29 is 4.42 Å². The first kappa shape index (κ1) is 11.7. The second-order valence-electron chi connectivity index (χ2n) is 3.01. The zero-order chi connectivity index (χ0) is 11.4. The molecule has 0 bridgehead atoms. The normalized spacial score (nSPS) is 10.9. The second-order valence-corrected chi connectivity index (χ2v) is 4.84. The summed E-state index contributed by atoms with van der Waals surface area (Å²) in [6.07, 6.45) is 1.64. The van der Waals surface area contributed by atoms with Crippen molar-refractivity contribution in [3.8, 4) is 0 Å². The molecule has 0 saturated carbocycles. The van der Waals surface area contributed by atoms with Crippen LogP contribution in [-0.2, 0) is 0 Å². The Morgan fingerprint density at radius 1 is 1.31 bits per heavy atom. The first-order chi connectivity index (χ1) is 7.75. The minimum atomic E-state index is 0.708. The van der Waals surface area contributed by atoms with E-state index in [-0.39, 0.29) is 0 Å². The molecule has 0 aliphatic carbocycles. The van der Waals surface area contributed by atoms with Crippen molar-refractivity contribution >= 4 is 50.4 Å². The molecule has 1 heterocycles. The number of hydrogen-bond acceptors (Lipinski definition) is 3. The van der Waals surface area contributed by atoms with Crippen LogP contribution in [0.4, 0.5) is 5.69 Å². The lowest BCUT2D eigenvalue weighted by molar-refractivity contribution is 0.529. The summed E-state index contributed by atoms with van der Waals surface area (Å²) >= 11 is 5.48. The Morgan fingerprint density at radius 2 is 2.06 bits per heavy atom. The Labute approximate surface area is 115 Å². The fourth-order valence-corrected chi connectivity index (χ4v) is 1.83. The Balaban J connectivity index is 2.00. The van der Waals surface area contributed by atoms with E-state index in [1.165, 1.54) is 0 Å². The van der Waals surface area contributed by atoms with Gasteiger partial charge in [0, 0.05) is 28.7 Å². The van der Waals surface area contributed by atoms with Gasteiger partial charge in [0.2, 0.25) is 0 Å². The molecule has 2 rings (SSSR count). The molecule has 1 aromatic heterocycles. The zero-order valence-corrected chi connectivity index (χ0v) is 11.9. The number of nitrogens with one attached hydrogen (secondary N) is 1. The Kier molecular flexibility index (Phi) is 4.00. The summed E-state index contributed by atoms with van der Waals surface area (Å²) in [7, 11) is 0. The van der Waals surface area contributed by atoms with Gasteiger partial charge < -0.3 is 4.42 Å². The van der Waals surface area contributed by atoms with Gasteiger partial charge in [0.05, 0.1) is 16.4 Å². The van der Waals surface area contributed by atoms with Crippen molar-refractivity contribution in [3.63, 3.8) is 0 Å². The van der Waals surface area contributed by atoms with E-state index in [4.69, 9.17) is 4.42 Å². The average molecular weight is 391 g/mol. The molecule has 1 N–H and O–H groups in total. The third-order valence-corrected chi connectivity index (χ3v) is 3.96. The van der Waals surface area contributed by atoms with Gasteiger partial charge in [0.15, 0.2) is 3.77 Å². The fourth-order valence-electron chi connectivity index (χ4n) is 1.11. The van der Waals surface area contributed by atoms with Gasteiger partial charge in [-0.25, -0.2) is 0 Å². The molecule has 82 valence electrons. The first-order valence-corrected chi connectivity index (χ1v) is 6.42. The van der Waals surface area contributed by atoms with Crippen LogP contribution in [0.2, 0.25) is 0 Å². The predicted molar refractivity (Wildman–Crippen MR) is 76.8 cm³/mol. The Morgan fingerprint density at radius 3 is 2.69 bits per heavy atom. The summed E-state index contributed by atoms with van der Waals surface area (Å²) < 4.78 is 7.16. The highest BCUT2D eigenvalue weighted by Crippen LogP contribution is 2.22. The number of furan rings is 1. The molecule has 5 heteroatoms. The van der Waals surface area contributed by atoms with Gasteiger partial charge in [-0.2, -0.15) is 5.10 Å². The molecule has 0 amide bonds. The number of rotatable bonds is 3. The Bertz CT molecular complexity index is 476. The average Bonchev–Trinajstić information content (AvgIpc) is 2.60. The number of para-hydroxylation sites is 1. The number of anilines is 1. The van der Waals surface area contributed by atoms with Gasteiger partial charge in [-0.05, 0) is 28.1 Å². The molecule has 16 heavy (non-hydrogen) atoms. The van der Waals surface area contributed by atoms with Crippen LogP contribution in [0.3, 0.4) is 0 Å². The first-order valence-electron chi connectivity index (χ1n) is 4.54. The third-order valence-electron chi connectivity index (χ3n) is 1.82. The molecule has 0 aliphatic rings. The van der Waals surface area contributed by atoms with Crippen molar-refractivity contribution in [3.05, 3.63) is 50.4 Å². The maximum absolute atomic E-state index is 5.40. The van der Waals surface area contributed by atoms with Crippen molar-refractivity contribution in [2.45, 2.75) is 0 Å². The third kappa shape index (κ3) is 3.08. The lowest BCUT2D eigenvalue weighted by Crippen LogP contribution is -1.88. The molecule has 2 aromatic rings. The lowest BCUT2D eigenvalue weighted by atomic mass is 10.3. The molecule has 0 saturated heterocycles. The Hall–Kier alpha value is -0.820. The van der Waals surface area contributed by atoms with E-state index >= 15 is 0 Å². The summed E-state index contributed by atoms with van der Waals surface area (Å²) in [6.45, 7) is 0. The van der Waals surface area contributed by atoms with E-state index in [2.05, 4.69) is 49.0 Å². The van der Waals surface area contributed by atoms with Crippen LogP contribution < -0.4 is 5.43 Å². The van der Waals surface area contributed by atoms with Gasteiger partial charge >= 0.3 is 0 Å². The summed E-state index contributed by atoms with van der Waals surface area (Å²) in [4.78, 5) is 0. The van der Waals surface area contributed by atoms with E-state index in [0.29, 0.717) is 5.76 Å². The molecule has 0 spiro atoms. The van der Waals surface area contributed by atoms with Crippen molar-refractivity contribution in [2.75, 3.05) is 5.43 Å². The summed E-state index contributed by atoms with van der Waals surface area (Å²) in [6, 6.07) is 11.6. The summed E-state index contributed by atoms with van der Waals surface area (Å²) in [5.74, 6) is 0.708. The van der Waals surface area contributed by atoms with Crippen LogP contribution in [0, 0.1) is 3.77 Å². The van der Waals surface area contributed by atoms with Gasteiger partial charge in [0.25, 0.3) is 0 Å². The molecule has 0 fully saturated rings. The van der Waals surface area contributed by atoms with Gasteiger partial charge in [-0.15, -0.1) is 0 Å². The number of nitrogens with zero attached hydrogens (tertiary/aromatic N) is 1. The van der Waals surface area contributed by atoms with Crippen LogP contribution in [0.5, 0.6) is 0 Å². The molecule has 0 atom stereocenters. The van der Waals surface area contributed by atoms with Crippen LogP contribution in [0.25, 0.3) is 0 Å². The van der Waals surface area contributed by atoms with Gasteiger partial charge in [-0.3, -0.25) is 5.43 Å². The highest BCUT2D eigenvalue weighted by molar-refractivity contribution is 14.1. The van der Waals surface area contributed by atoms with Crippen molar-refractivity contribution in [1.82, 2.24) is 0 Å². The standard InChI is InChI=1S/C11H8BrIN2O/c12-10-6-9(16-11(10)13)7-14-15-8-4-2-1-3-5-8/h1-7,15H/b14-7-. The van der Waals surface area contributed by atoms with Crippen molar-refractivity contribution in [2.24, 2.45) is 5.10 Å². The van der Waals surface area contributed by atoms with E-state index < -0.39 is 0 Å². The van der Waals surface area contributed by atoms with E-state index in [9.17, 15) is 0 Å². The van der Waals surface area contributed by atoms with Gasteiger partial charge in [-0.1, -0.05) is 18.2 Å². The molecule has 1 aromatic carbocycles. The quantitative estimate of drug-likeness (QED) is 0.486. The maximum atomic E-state index is 5.40. The number of hydrazone groups is 1. The fraction of sp³-hybridized carbons (Fsp3) is 0. The molecule has 0 radical (unpaired) electrons.